The van der Waals surface area contributed by atoms with Crippen molar-refractivity contribution in [3.63, 3.8) is 0 Å². The fourth-order valence-electron chi connectivity index (χ4n) is 3.64. The molecule has 1 fully saturated rings. The van der Waals surface area contributed by atoms with E-state index in [0.717, 1.165) is 4.40 Å². The van der Waals surface area contributed by atoms with Crippen LogP contribution < -0.4 is 10.9 Å². The Balaban J connectivity index is 1.89. The van der Waals surface area contributed by atoms with Crippen molar-refractivity contribution < 1.29 is 14.7 Å². The summed E-state index contributed by atoms with van der Waals surface area (Å²) in [5, 5.41) is 22.0. The first kappa shape index (κ1) is 21.1. The molecule has 1 saturated heterocycles. The van der Waals surface area contributed by atoms with Crippen LogP contribution in [-0.2, 0) is 4.79 Å². The predicted molar refractivity (Wildman–Crippen MR) is 126 cm³/mol. The van der Waals surface area contributed by atoms with Crippen LogP contribution in [0.15, 0.2) is 70.5 Å². The van der Waals surface area contributed by atoms with Gasteiger partial charge in [0.1, 0.15) is 17.4 Å². The van der Waals surface area contributed by atoms with Gasteiger partial charge in [-0.05, 0) is 30.0 Å². The van der Waals surface area contributed by atoms with Crippen LogP contribution in [0, 0.1) is 11.3 Å². The molecule has 0 unspecified atom stereocenters. The number of imide groups is 1. The molecule has 0 spiro atoms. The van der Waals surface area contributed by atoms with Crippen LogP contribution in [0.3, 0.4) is 0 Å². The molecule has 0 radical (unpaired) electrons. The Labute approximate surface area is 196 Å². The predicted octanol–water partition coefficient (Wildman–Crippen LogP) is 3.32. The highest BCUT2D eigenvalue weighted by atomic mass is 32.2. The Bertz CT molecular complexity index is 1640. The van der Waals surface area contributed by atoms with Gasteiger partial charge in [-0.15, -0.1) is 0 Å². The number of fused-ring (bicyclic) bond motifs is 1. The maximum Gasteiger partial charge on any atom is 0.290 e. The summed E-state index contributed by atoms with van der Waals surface area (Å²) in [6.07, 6.45) is 2.80. The number of carbonyl (C=O) groups is 2. The minimum absolute atomic E-state index is 0.00265. The largest absolute Gasteiger partial charge is 0.507 e. The molecule has 4 aromatic rings. The fraction of sp³-hybridized carbons (Fsp3) is 0. The summed E-state index contributed by atoms with van der Waals surface area (Å²) in [6, 6.07) is 17.1. The second kappa shape index (κ2) is 8.31. The van der Waals surface area contributed by atoms with E-state index in [2.05, 4.69) is 15.3 Å². The molecule has 0 saturated carbocycles. The zero-order chi connectivity index (χ0) is 23.8. The van der Waals surface area contributed by atoms with E-state index in [1.54, 1.807) is 48.5 Å². The lowest BCUT2D eigenvalue weighted by molar-refractivity contribution is -0.115. The zero-order valence-corrected chi connectivity index (χ0v) is 18.0. The Morgan fingerprint density at radius 1 is 1.06 bits per heavy atom. The van der Waals surface area contributed by atoms with E-state index in [0.29, 0.717) is 17.3 Å². The minimum atomic E-state index is -0.683. The Morgan fingerprint density at radius 2 is 1.79 bits per heavy atom. The second-order valence-electron chi connectivity index (χ2n) is 7.19. The van der Waals surface area contributed by atoms with Gasteiger partial charge >= 0.3 is 0 Å². The Hall–Kier alpha value is -4.75. The maximum absolute atomic E-state index is 13.6. The van der Waals surface area contributed by atoms with Crippen molar-refractivity contribution in [2.45, 2.75) is 0 Å². The van der Waals surface area contributed by atoms with Crippen molar-refractivity contribution in [1.82, 2.24) is 19.7 Å². The third-order valence-corrected chi connectivity index (χ3v) is 5.94. The molecule has 0 bridgehead atoms. The number of nitrogens with one attached hydrogen (secondary N) is 1. The number of rotatable bonds is 3. The van der Waals surface area contributed by atoms with Gasteiger partial charge in [0.05, 0.1) is 16.3 Å². The third-order valence-electron chi connectivity index (χ3n) is 5.13. The molecule has 3 heterocycles. The van der Waals surface area contributed by atoms with Crippen LogP contribution in [0.4, 0.5) is 4.79 Å². The number of benzene rings is 2. The zero-order valence-electron chi connectivity index (χ0n) is 17.2. The van der Waals surface area contributed by atoms with Gasteiger partial charge in [-0.2, -0.15) is 5.26 Å². The SMILES string of the molecule is N#Cc1c(-c2ccccc2)nc2ncc(/C=C3\SC(=O)NC3=O)c(-c3ccccc3O)n2c1=O. The lowest BCUT2D eigenvalue weighted by Crippen LogP contribution is -2.23. The molecule has 0 aliphatic carbocycles. The molecule has 10 heteroatoms. The average Bonchev–Trinajstić information content (AvgIpc) is 3.16. The van der Waals surface area contributed by atoms with E-state index >= 15 is 0 Å². The van der Waals surface area contributed by atoms with Crippen LogP contribution in [-0.4, -0.2) is 30.6 Å². The summed E-state index contributed by atoms with van der Waals surface area (Å²) < 4.78 is 1.13. The Morgan fingerprint density at radius 3 is 2.47 bits per heavy atom. The van der Waals surface area contributed by atoms with E-state index in [1.807, 2.05) is 6.07 Å². The first-order valence-corrected chi connectivity index (χ1v) is 10.7. The highest BCUT2D eigenvalue weighted by molar-refractivity contribution is 8.18. The topological polar surface area (TPSA) is 137 Å². The molecular formula is C24H13N5O4S. The summed E-state index contributed by atoms with van der Waals surface area (Å²) in [5.74, 6) is -0.712. The number of para-hydroxylation sites is 1. The number of carbonyl (C=O) groups excluding carboxylic acids is 2. The number of nitriles is 1. The molecule has 164 valence electrons. The summed E-state index contributed by atoms with van der Waals surface area (Å²) in [4.78, 5) is 46.2. The molecule has 2 aromatic heterocycles. The highest BCUT2D eigenvalue weighted by Crippen LogP contribution is 2.34. The van der Waals surface area contributed by atoms with Crippen molar-refractivity contribution in [2.75, 3.05) is 0 Å². The Kier molecular flexibility index (Phi) is 5.16. The number of thioether (sulfide) groups is 1. The number of nitrogens with zero attached hydrogens (tertiary/aromatic N) is 4. The third kappa shape index (κ3) is 3.50. The lowest BCUT2D eigenvalue weighted by Gasteiger charge is -2.14. The number of amides is 2. The van der Waals surface area contributed by atoms with Crippen molar-refractivity contribution in [1.29, 1.82) is 5.26 Å². The van der Waals surface area contributed by atoms with Crippen LogP contribution in [0.5, 0.6) is 5.75 Å². The first-order valence-electron chi connectivity index (χ1n) is 9.92. The second-order valence-corrected chi connectivity index (χ2v) is 8.20. The fourth-order valence-corrected chi connectivity index (χ4v) is 4.31. The molecule has 2 amide bonds. The molecular weight excluding hydrogens is 454 g/mol. The summed E-state index contributed by atoms with van der Waals surface area (Å²) in [6.45, 7) is 0. The molecule has 9 nitrogen and oxygen atoms in total. The monoisotopic (exact) mass is 467 g/mol. The van der Waals surface area contributed by atoms with E-state index in [-0.39, 0.29) is 44.5 Å². The number of phenolic OH excluding ortho intramolecular Hbond substituents is 1. The van der Waals surface area contributed by atoms with Gasteiger partial charge in [0.15, 0.2) is 0 Å². The van der Waals surface area contributed by atoms with Gasteiger partial charge in [0.25, 0.3) is 16.7 Å². The first-order chi connectivity index (χ1) is 16.5. The van der Waals surface area contributed by atoms with Gasteiger partial charge in [-0.1, -0.05) is 42.5 Å². The van der Waals surface area contributed by atoms with E-state index in [1.165, 1.54) is 18.3 Å². The van der Waals surface area contributed by atoms with Crippen LogP contribution in [0.2, 0.25) is 0 Å². The van der Waals surface area contributed by atoms with Gasteiger partial charge in [-0.25, -0.2) is 14.4 Å². The molecule has 1 aliphatic heterocycles. The molecule has 0 atom stereocenters. The number of phenols is 1. The van der Waals surface area contributed by atoms with Crippen LogP contribution in [0.25, 0.3) is 34.4 Å². The molecule has 2 aromatic carbocycles. The summed E-state index contributed by atoms with van der Waals surface area (Å²) in [5.41, 5.74) is 0.599. The van der Waals surface area contributed by atoms with E-state index in [4.69, 9.17) is 0 Å². The lowest BCUT2D eigenvalue weighted by atomic mass is 10.0. The van der Waals surface area contributed by atoms with E-state index in [9.17, 15) is 24.8 Å². The number of aromatic nitrogens is 3. The summed E-state index contributed by atoms with van der Waals surface area (Å²) >= 11 is 0.709. The van der Waals surface area contributed by atoms with Crippen LogP contribution >= 0.6 is 11.8 Å². The summed E-state index contributed by atoms with van der Waals surface area (Å²) in [7, 11) is 0. The normalized spacial score (nSPS) is 14.4. The van der Waals surface area contributed by atoms with Gasteiger partial charge in [0, 0.05) is 22.9 Å². The standard InChI is InChI=1S/C24H13N5O4S/c25-11-16-19(13-6-2-1-3-7-13)27-23-26-12-14(10-18-21(31)28-24(33)34-18)20(29(23)22(16)32)15-8-4-5-9-17(15)30/h1-10,12,30H,(H,28,31,33)/b18-10-. The van der Waals surface area contributed by atoms with Crippen molar-refractivity contribution in [3.05, 3.63) is 87.2 Å². The molecule has 2 N–H and O–H groups in total. The molecule has 34 heavy (non-hydrogen) atoms. The van der Waals surface area contributed by atoms with Gasteiger partial charge in [-0.3, -0.25) is 19.7 Å². The quantitative estimate of drug-likeness (QED) is 0.438. The number of aromatic hydroxyl groups is 1. The smallest absolute Gasteiger partial charge is 0.290 e. The van der Waals surface area contributed by atoms with Crippen LogP contribution in [0.1, 0.15) is 11.1 Å². The number of hydrogen-bond acceptors (Lipinski definition) is 8. The van der Waals surface area contributed by atoms with Crippen molar-refractivity contribution >= 4 is 34.8 Å². The van der Waals surface area contributed by atoms with Crippen molar-refractivity contribution in [2.24, 2.45) is 0 Å². The van der Waals surface area contributed by atoms with E-state index < -0.39 is 16.7 Å². The van der Waals surface area contributed by atoms with Gasteiger partial charge in [0.2, 0.25) is 5.78 Å². The van der Waals surface area contributed by atoms with Gasteiger partial charge < -0.3 is 5.11 Å². The number of hydrogen-bond donors (Lipinski definition) is 2. The highest BCUT2D eigenvalue weighted by Gasteiger charge is 2.27. The molecule has 1 aliphatic rings. The minimum Gasteiger partial charge on any atom is -0.507 e. The molecule has 5 rings (SSSR count). The maximum atomic E-state index is 13.6. The average molecular weight is 467 g/mol. The van der Waals surface area contributed by atoms with Crippen molar-refractivity contribution in [3.8, 4) is 34.3 Å².